The predicted molar refractivity (Wildman–Crippen MR) is 135 cm³/mol. The van der Waals surface area contributed by atoms with E-state index < -0.39 is 23.8 Å². The molecule has 0 radical (unpaired) electrons. The number of ether oxygens (including phenoxy) is 1. The van der Waals surface area contributed by atoms with Crippen LogP contribution in [0, 0.1) is 0 Å². The molecule has 1 saturated heterocycles. The van der Waals surface area contributed by atoms with E-state index in [9.17, 15) is 22.8 Å². The van der Waals surface area contributed by atoms with Crippen molar-refractivity contribution < 1.29 is 27.5 Å². The third-order valence-corrected chi connectivity index (χ3v) is 6.26. The van der Waals surface area contributed by atoms with Gasteiger partial charge >= 0.3 is 6.18 Å². The van der Waals surface area contributed by atoms with Crippen molar-refractivity contribution in [1.82, 2.24) is 40.3 Å². The molecule has 0 bridgehead atoms. The van der Waals surface area contributed by atoms with Crippen LogP contribution in [0.15, 0.2) is 36.5 Å². The number of pyridine rings is 1. The summed E-state index contributed by atoms with van der Waals surface area (Å²) in [5.74, 6) is -2.73. The number of benzene rings is 1. The van der Waals surface area contributed by atoms with Crippen LogP contribution < -0.4 is 10.6 Å². The van der Waals surface area contributed by atoms with Crippen molar-refractivity contribution in [3.63, 3.8) is 0 Å². The second-order valence-electron chi connectivity index (χ2n) is 8.35. The average molecular weight is 617 g/mol. The summed E-state index contributed by atoms with van der Waals surface area (Å²) in [6.45, 7) is 0.291. The Balaban J connectivity index is 1.50. The first-order valence-corrected chi connectivity index (χ1v) is 12.4. The lowest BCUT2D eigenvalue weighted by molar-refractivity contribution is -0.145. The zero-order valence-corrected chi connectivity index (χ0v) is 22.1. The first-order valence-electron chi connectivity index (χ1n) is 11.2. The van der Waals surface area contributed by atoms with Gasteiger partial charge in [-0.15, -0.1) is 10.2 Å². The molecular formula is C22H15Cl3F3N9O3. The lowest BCUT2D eigenvalue weighted by atomic mass is 10.1. The van der Waals surface area contributed by atoms with Crippen molar-refractivity contribution in [2.24, 2.45) is 0 Å². The fourth-order valence-corrected chi connectivity index (χ4v) is 4.31. The van der Waals surface area contributed by atoms with E-state index in [0.717, 1.165) is 4.68 Å². The van der Waals surface area contributed by atoms with E-state index in [1.54, 1.807) is 6.07 Å². The number of hydrogen-bond acceptors (Lipinski definition) is 8. The molecule has 0 unspecified atom stereocenters. The topological polar surface area (TPSA) is 142 Å². The molecule has 4 heterocycles. The van der Waals surface area contributed by atoms with Gasteiger partial charge in [0.2, 0.25) is 0 Å². The summed E-state index contributed by atoms with van der Waals surface area (Å²) >= 11 is 18.7. The van der Waals surface area contributed by atoms with E-state index in [4.69, 9.17) is 39.5 Å². The Morgan fingerprint density at radius 1 is 1.07 bits per heavy atom. The molecule has 40 heavy (non-hydrogen) atoms. The molecule has 4 aromatic rings. The first-order chi connectivity index (χ1) is 19.0. The third kappa shape index (κ3) is 5.86. The molecule has 2 N–H and O–H groups in total. The van der Waals surface area contributed by atoms with Crippen molar-refractivity contribution in [3.8, 4) is 5.82 Å². The Hall–Kier alpha value is -3.79. The normalized spacial score (nSPS) is 13.7. The minimum absolute atomic E-state index is 0.00796. The number of amides is 2. The highest BCUT2D eigenvalue weighted by atomic mass is 35.5. The SMILES string of the molecule is O=C(NC1COC1)c1cc(Cl)cc(Cl)c1NC(=O)c1cc(Cn2nnc(C(F)(F)F)n2)nn1-c1ncccc1Cl. The Morgan fingerprint density at radius 2 is 1.85 bits per heavy atom. The highest BCUT2D eigenvalue weighted by Crippen LogP contribution is 2.32. The molecule has 2 amide bonds. The van der Waals surface area contributed by atoms with Crippen LogP contribution >= 0.6 is 34.8 Å². The lowest BCUT2D eigenvalue weighted by Gasteiger charge is -2.27. The van der Waals surface area contributed by atoms with E-state index in [1.165, 1.54) is 30.5 Å². The Bertz CT molecular complexity index is 1610. The number of rotatable bonds is 7. The fourth-order valence-electron chi connectivity index (χ4n) is 3.57. The summed E-state index contributed by atoms with van der Waals surface area (Å²) in [5, 5.41) is 19.5. The Kier molecular flexibility index (Phi) is 7.63. The number of aromatic nitrogens is 7. The van der Waals surface area contributed by atoms with E-state index >= 15 is 0 Å². The van der Waals surface area contributed by atoms with Crippen LogP contribution in [0.3, 0.4) is 0 Å². The summed E-state index contributed by atoms with van der Waals surface area (Å²) in [7, 11) is 0. The highest BCUT2D eigenvalue weighted by molar-refractivity contribution is 6.38. The van der Waals surface area contributed by atoms with Crippen molar-refractivity contribution in [1.29, 1.82) is 0 Å². The molecule has 0 saturated carbocycles. The Labute approximate surface area is 237 Å². The number of alkyl halides is 3. The molecule has 208 valence electrons. The van der Waals surface area contributed by atoms with Gasteiger partial charge in [-0.25, -0.2) is 9.67 Å². The number of hydrogen-bond donors (Lipinski definition) is 2. The van der Waals surface area contributed by atoms with Gasteiger partial charge in [-0.1, -0.05) is 34.8 Å². The molecule has 18 heteroatoms. The maximum Gasteiger partial charge on any atom is 0.455 e. The molecule has 1 aromatic carbocycles. The molecule has 3 aromatic heterocycles. The van der Waals surface area contributed by atoms with Crippen molar-refractivity contribution in [2.75, 3.05) is 18.5 Å². The molecule has 0 spiro atoms. The molecular weight excluding hydrogens is 602 g/mol. The minimum Gasteiger partial charge on any atom is -0.377 e. The van der Waals surface area contributed by atoms with Crippen LogP contribution in [-0.4, -0.2) is 66.0 Å². The summed E-state index contributed by atoms with van der Waals surface area (Å²) in [4.78, 5) is 31.3. The number of halogens is 6. The van der Waals surface area contributed by atoms with Gasteiger partial charge in [0.15, 0.2) is 5.82 Å². The largest absolute Gasteiger partial charge is 0.455 e. The van der Waals surface area contributed by atoms with E-state index in [2.05, 4.69) is 36.1 Å². The predicted octanol–water partition coefficient (Wildman–Crippen LogP) is 3.66. The van der Waals surface area contributed by atoms with E-state index in [-0.39, 0.29) is 56.1 Å². The van der Waals surface area contributed by atoms with E-state index in [1.807, 2.05) is 0 Å². The van der Waals surface area contributed by atoms with Gasteiger partial charge in [0.05, 0.1) is 46.2 Å². The second kappa shape index (κ2) is 11.0. The van der Waals surface area contributed by atoms with Gasteiger partial charge in [0, 0.05) is 11.2 Å². The van der Waals surface area contributed by atoms with Crippen LogP contribution in [-0.2, 0) is 17.5 Å². The van der Waals surface area contributed by atoms with Gasteiger partial charge in [-0.2, -0.15) is 23.1 Å². The molecule has 0 aliphatic carbocycles. The van der Waals surface area contributed by atoms with E-state index in [0.29, 0.717) is 18.0 Å². The zero-order chi connectivity index (χ0) is 28.6. The van der Waals surface area contributed by atoms with Gasteiger partial charge < -0.3 is 15.4 Å². The van der Waals surface area contributed by atoms with Gasteiger partial charge in [-0.3, -0.25) is 9.59 Å². The molecule has 1 aliphatic heterocycles. The molecule has 0 atom stereocenters. The van der Waals surface area contributed by atoms with Crippen LogP contribution in [0.5, 0.6) is 0 Å². The summed E-state index contributed by atoms with van der Waals surface area (Å²) in [5.41, 5.74) is -0.117. The summed E-state index contributed by atoms with van der Waals surface area (Å²) in [6.07, 6.45) is -3.39. The van der Waals surface area contributed by atoms with Gasteiger partial charge in [-0.05, 0) is 35.5 Å². The van der Waals surface area contributed by atoms with Crippen molar-refractivity contribution in [3.05, 3.63) is 74.4 Å². The fraction of sp³-hybridized carbons (Fsp3) is 0.227. The lowest BCUT2D eigenvalue weighted by Crippen LogP contribution is -2.48. The number of nitrogens with one attached hydrogen (secondary N) is 2. The standard InChI is InChI=1S/C22H15Cl3F3N9O3/c23-10-4-13(19(38)30-12-8-40-9-12)17(15(25)5-10)31-20(39)16-6-11(7-36-34-21(32-35-36)22(26,27)28)33-37(16)18-14(24)2-1-3-29-18/h1-6,12H,7-9H2,(H,30,38)(H,31,39). The average Bonchev–Trinajstić information content (AvgIpc) is 3.51. The van der Waals surface area contributed by atoms with Crippen molar-refractivity contribution in [2.45, 2.75) is 18.8 Å². The monoisotopic (exact) mass is 615 g/mol. The Morgan fingerprint density at radius 3 is 2.50 bits per heavy atom. The number of carbonyl (C=O) groups excluding carboxylic acids is 2. The van der Waals surface area contributed by atoms with Gasteiger partial charge in [0.1, 0.15) is 12.2 Å². The van der Waals surface area contributed by atoms with Crippen molar-refractivity contribution >= 4 is 52.3 Å². The summed E-state index contributed by atoms with van der Waals surface area (Å²) in [6, 6.07) is 6.79. The maximum absolute atomic E-state index is 13.5. The quantitative estimate of drug-likeness (QED) is 0.321. The third-order valence-electron chi connectivity index (χ3n) is 5.45. The number of nitrogens with zero attached hydrogens (tertiary/aromatic N) is 7. The van der Waals surface area contributed by atoms with Crippen LogP contribution in [0.2, 0.25) is 15.1 Å². The second-order valence-corrected chi connectivity index (χ2v) is 9.61. The molecule has 1 aliphatic rings. The molecule has 1 fully saturated rings. The first kappa shape index (κ1) is 27.8. The summed E-state index contributed by atoms with van der Waals surface area (Å²) < 4.78 is 44.9. The van der Waals surface area contributed by atoms with Crippen LogP contribution in [0.25, 0.3) is 5.82 Å². The van der Waals surface area contributed by atoms with Crippen LogP contribution in [0.1, 0.15) is 32.4 Å². The number of anilines is 1. The number of tetrazole rings is 1. The van der Waals surface area contributed by atoms with Crippen LogP contribution in [0.4, 0.5) is 18.9 Å². The minimum atomic E-state index is -4.79. The highest BCUT2D eigenvalue weighted by Gasteiger charge is 2.37. The van der Waals surface area contributed by atoms with Gasteiger partial charge in [0.25, 0.3) is 17.6 Å². The maximum atomic E-state index is 13.5. The number of carbonyl (C=O) groups is 2. The molecule has 5 rings (SSSR count). The zero-order valence-electron chi connectivity index (χ0n) is 19.8. The molecule has 12 nitrogen and oxygen atoms in total. The smallest absolute Gasteiger partial charge is 0.377 e.